The minimum Gasteiger partial charge on any atom is -0.264 e. The number of benzene rings is 2. The highest BCUT2D eigenvalue weighted by Gasteiger charge is 2.14. The van der Waals surface area contributed by atoms with Crippen LogP contribution in [0.25, 0.3) is 16.6 Å². The average molecular weight is 344 g/mol. The van der Waals surface area contributed by atoms with Gasteiger partial charge in [-0.05, 0) is 30.7 Å². The van der Waals surface area contributed by atoms with E-state index in [-0.39, 0.29) is 5.82 Å². The second-order valence-corrected chi connectivity index (χ2v) is 5.95. The Kier molecular flexibility index (Phi) is 3.89. The molecule has 26 heavy (non-hydrogen) atoms. The van der Waals surface area contributed by atoms with Crippen LogP contribution in [0.15, 0.2) is 53.6 Å². The Morgan fingerprint density at radius 1 is 1.12 bits per heavy atom. The average Bonchev–Trinajstić information content (AvgIpc) is 3.06. The van der Waals surface area contributed by atoms with Gasteiger partial charge in [-0.15, -0.1) is 5.10 Å². The van der Waals surface area contributed by atoms with Crippen molar-refractivity contribution in [2.24, 2.45) is 5.10 Å². The highest BCUT2D eigenvalue weighted by molar-refractivity contribution is 6.00. The molecule has 0 fully saturated rings. The van der Waals surface area contributed by atoms with Crippen molar-refractivity contribution in [2.75, 3.05) is 0 Å². The van der Waals surface area contributed by atoms with Crippen molar-refractivity contribution in [3.63, 3.8) is 0 Å². The van der Waals surface area contributed by atoms with Gasteiger partial charge in [0.25, 0.3) is 5.78 Å². The zero-order valence-corrected chi connectivity index (χ0v) is 14.3. The number of aromatic nitrogens is 4. The maximum atomic E-state index is 12.3. The highest BCUT2D eigenvalue weighted by Crippen LogP contribution is 2.16. The number of amides is 1. The second kappa shape index (κ2) is 6.36. The van der Waals surface area contributed by atoms with Crippen molar-refractivity contribution in [1.29, 1.82) is 0 Å². The molecule has 128 valence electrons. The Balaban J connectivity index is 1.57. The topological polar surface area (TPSA) is 84.5 Å². The zero-order valence-electron chi connectivity index (χ0n) is 14.3. The molecule has 0 saturated heterocycles. The number of fused-ring (bicyclic) bond motifs is 2. The van der Waals surface area contributed by atoms with Crippen LogP contribution in [0.3, 0.4) is 0 Å². The monoisotopic (exact) mass is 344 g/mol. The third-order valence-corrected chi connectivity index (χ3v) is 4.01. The van der Waals surface area contributed by atoms with Gasteiger partial charge in [0, 0.05) is 17.0 Å². The quantitative estimate of drug-likeness (QED) is 0.457. The number of hydrogen-bond donors (Lipinski definition) is 1. The van der Waals surface area contributed by atoms with Gasteiger partial charge in [0.05, 0.1) is 6.21 Å². The van der Waals surface area contributed by atoms with Gasteiger partial charge in [-0.2, -0.15) is 10.1 Å². The van der Waals surface area contributed by atoms with Crippen LogP contribution in [0.4, 0.5) is 0 Å². The molecule has 0 spiro atoms. The van der Waals surface area contributed by atoms with E-state index in [0.29, 0.717) is 5.78 Å². The second-order valence-electron chi connectivity index (χ2n) is 5.95. The predicted octanol–water partition coefficient (Wildman–Crippen LogP) is 2.66. The Hall–Kier alpha value is -3.61. The summed E-state index contributed by atoms with van der Waals surface area (Å²) in [5, 5.41) is 10.4. The zero-order chi connectivity index (χ0) is 18.1. The summed E-state index contributed by atoms with van der Waals surface area (Å²) in [4.78, 5) is 20.7. The molecule has 1 N–H and O–H groups in total. The lowest BCUT2D eigenvalue weighted by molar-refractivity contribution is 0.0945. The summed E-state index contributed by atoms with van der Waals surface area (Å²) < 4.78 is 1.54. The third-order valence-electron chi connectivity index (χ3n) is 4.01. The molecule has 7 heteroatoms. The number of carbonyl (C=O) groups is 1. The molecule has 0 atom stereocenters. The first-order valence-electron chi connectivity index (χ1n) is 8.14. The lowest BCUT2D eigenvalue weighted by Gasteiger charge is -2.01. The summed E-state index contributed by atoms with van der Waals surface area (Å²) in [5.41, 5.74) is 5.07. The van der Waals surface area contributed by atoms with Crippen molar-refractivity contribution in [1.82, 2.24) is 25.0 Å². The largest absolute Gasteiger partial charge is 0.311 e. The van der Waals surface area contributed by atoms with Gasteiger partial charge in [0.15, 0.2) is 0 Å². The van der Waals surface area contributed by atoms with Crippen molar-refractivity contribution < 1.29 is 4.79 Å². The Bertz CT molecular complexity index is 1160. The first-order valence-corrected chi connectivity index (χ1v) is 8.14. The Morgan fingerprint density at radius 2 is 1.92 bits per heavy atom. The van der Waals surface area contributed by atoms with E-state index in [0.717, 1.165) is 27.7 Å². The number of aryl methyl sites for hydroxylation is 2. The molecule has 0 bridgehead atoms. The van der Waals surface area contributed by atoms with Crippen LogP contribution in [0.1, 0.15) is 27.6 Å². The summed E-state index contributed by atoms with van der Waals surface area (Å²) in [6.07, 6.45) is 1.61. The fourth-order valence-corrected chi connectivity index (χ4v) is 2.84. The highest BCUT2D eigenvalue weighted by atomic mass is 16.2. The molecular formula is C19H16N6O. The SMILES string of the molecule is Cc1cc(C)n2nc(C(=O)N/N=C/c3cccc4ccccc34)nc2n1. The molecule has 2 aromatic heterocycles. The van der Waals surface area contributed by atoms with Crippen LogP contribution < -0.4 is 5.43 Å². The number of nitrogens with one attached hydrogen (secondary N) is 1. The molecule has 7 nitrogen and oxygen atoms in total. The number of nitrogens with zero attached hydrogens (tertiary/aromatic N) is 5. The maximum absolute atomic E-state index is 12.3. The van der Waals surface area contributed by atoms with Crippen LogP contribution in [0.2, 0.25) is 0 Å². The first-order chi connectivity index (χ1) is 12.6. The van der Waals surface area contributed by atoms with Crippen LogP contribution in [-0.2, 0) is 0 Å². The minimum atomic E-state index is -0.482. The fraction of sp³-hybridized carbons (Fsp3) is 0.105. The van der Waals surface area contributed by atoms with Crippen molar-refractivity contribution in [3.8, 4) is 0 Å². The van der Waals surface area contributed by atoms with Gasteiger partial charge in [-0.1, -0.05) is 42.5 Å². The van der Waals surface area contributed by atoms with Gasteiger partial charge in [-0.3, -0.25) is 4.79 Å². The standard InChI is InChI=1S/C19H16N6O/c1-12-10-13(2)25-19(21-12)22-17(24-25)18(26)23-20-11-15-8-5-7-14-6-3-4-9-16(14)15/h3-11H,1-2H3,(H,23,26)/b20-11+. The van der Waals surface area contributed by atoms with E-state index in [9.17, 15) is 4.79 Å². The van der Waals surface area contributed by atoms with E-state index >= 15 is 0 Å². The molecule has 2 heterocycles. The molecule has 4 rings (SSSR count). The third kappa shape index (κ3) is 2.90. The number of carbonyl (C=O) groups excluding carboxylic acids is 1. The smallest absolute Gasteiger partial charge is 0.264 e. The van der Waals surface area contributed by atoms with E-state index in [1.165, 1.54) is 4.52 Å². The number of hydrazone groups is 1. The lowest BCUT2D eigenvalue weighted by Crippen LogP contribution is -2.19. The molecule has 0 aliphatic rings. The van der Waals surface area contributed by atoms with Crippen molar-refractivity contribution in [2.45, 2.75) is 13.8 Å². The van der Waals surface area contributed by atoms with Gasteiger partial charge >= 0.3 is 5.91 Å². The van der Waals surface area contributed by atoms with Crippen LogP contribution >= 0.6 is 0 Å². The van der Waals surface area contributed by atoms with Gasteiger partial charge in [0.1, 0.15) is 0 Å². The molecule has 0 aliphatic heterocycles. The van der Waals surface area contributed by atoms with Crippen LogP contribution in [0, 0.1) is 13.8 Å². The Morgan fingerprint density at radius 3 is 2.81 bits per heavy atom. The van der Waals surface area contributed by atoms with Gasteiger partial charge in [-0.25, -0.2) is 14.9 Å². The van der Waals surface area contributed by atoms with E-state index in [1.807, 2.05) is 62.4 Å². The maximum Gasteiger partial charge on any atom is 0.311 e. The summed E-state index contributed by atoms with van der Waals surface area (Å²) in [6.45, 7) is 3.76. The van der Waals surface area contributed by atoms with E-state index in [1.54, 1.807) is 6.21 Å². The molecule has 4 aromatic rings. The number of hydrogen-bond acceptors (Lipinski definition) is 5. The van der Waals surface area contributed by atoms with E-state index in [4.69, 9.17) is 0 Å². The summed E-state index contributed by atoms with van der Waals surface area (Å²) >= 11 is 0. The number of rotatable bonds is 3. The predicted molar refractivity (Wildman–Crippen MR) is 99.3 cm³/mol. The Labute approximate surface area is 149 Å². The van der Waals surface area contributed by atoms with Gasteiger partial charge in [0.2, 0.25) is 5.82 Å². The molecular weight excluding hydrogens is 328 g/mol. The molecule has 2 aromatic carbocycles. The van der Waals surface area contributed by atoms with Gasteiger partial charge < -0.3 is 0 Å². The van der Waals surface area contributed by atoms with Crippen molar-refractivity contribution >= 4 is 28.7 Å². The summed E-state index contributed by atoms with van der Waals surface area (Å²) in [5.74, 6) is -0.0593. The normalized spacial score (nSPS) is 11.5. The molecule has 0 unspecified atom stereocenters. The molecule has 0 radical (unpaired) electrons. The van der Waals surface area contributed by atoms with Crippen LogP contribution in [0.5, 0.6) is 0 Å². The summed E-state index contributed by atoms with van der Waals surface area (Å²) in [6, 6.07) is 15.8. The van der Waals surface area contributed by atoms with Crippen molar-refractivity contribution in [3.05, 3.63) is 71.3 Å². The van der Waals surface area contributed by atoms with E-state index < -0.39 is 5.91 Å². The first kappa shape index (κ1) is 15.9. The minimum absolute atomic E-state index is 0.0290. The lowest BCUT2D eigenvalue weighted by atomic mass is 10.1. The molecule has 0 aliphatic carbocycles. The van der Waals surface area contributed by atoms with E-state index in [2.05, 4.69) is 25.6 Å². The fourth-order valence-electron chi connectivity index (χ4n) is 2.84. The molecule has 1 amide bonds. The van der Waals surface area contributed by atoms with Crippen LogP contribution in [-0.4, -0.2) is 31.7 Å². The molecule has 0 saturated carbocycles. The summed E-state index contributed by atoms with van der Waals surface area (Å²) in [7, 11) is 0.